The molecule has 2 aromatic rings. The summed E-state index contributed by atoms with van der Waals surface area (Å²) in [6.45, 7) is 4.47. The van der Waals surface area contributed by atoms with E-state index in [1.54, 1.807) is 40.1 Å². The number of hydrogen-bond donors (Lipinski definition) is 3. The van der Waals surface area contributed by atoms with Gasteiger partial charge in [0.2, 0.25) is 0 Å². The third-order valence-electron chi connectivity index (χ3n) is 5.56. The molecule has 2 amide bonds. The minimum atomic E-state index is -0.833. The number of halogens is 1. The molecule has 1 unspecified atom stereocenters. The molecule has 0 aromatic heterocycles. The summed E-state index contributed by atoms with van der Waals surface area (Å²) in [6, 6.07) is 12.6. The molecule has 11 heteroatoms. The van der Waals surface area contributed by atoms with Crippen molar-refractivity contribution in [3.63, 3.8) is 0 Å². The van der Waals surface area contributed by atoms with Gasteiger partial charge in [-0.25, -0.2) is 9.18 Å². The fourth-order valence-electron chi connectivity index (χ4n) is 3.87. The van der Waals surface area contributed by atoms with Crippen LogP contribution in [-0.2, 0) is 9.53 Å². The largest absolute Gasteiger partial charge is 0.481 e. The number of nitrogens with one attached hydrogen (secondary N) is 1. The van der Waals surface area contributed by atoms with Gasteiger partial charge in [-0.15, -0.1) is 0 Å². The SMILES string of the molecule is CC(=O)O.N=C(N)c1ccc(N2CC(CN3CCN(C(=O)c4cccc(F)c4)CC3)OC2=O)cc1. The first kappa shape index (κ1) is 25.6. The summed E-state index contributed by atoms with van der Waals surface area (Å²) in [4.78, 5) is 39.3. The summed E-state index contributed by atoms with van der Waals surface area (Å²) in [6.07, 6.45) is -0.675. The Labute approximate surface area is 202 Å². The summed E-state index contributed by atoms with van der Waals surface area (Å²) in [5.41, 5.74) is 7.11. The van der Waals surface area contributed by atoms with Gasteiger partial charge in [0.15, 0.2) is 0 Å². The van der Waals surface area contributed by atoms with E-state index in [1.165, 1.54) is 18.2 Å². The molecule has 35 heavy (non-hydrogen) atoms. The zero-order valence-electron chi connectivity index (χ0n) is 19.3. The number of carboxylic acid groups (broad SMARTS) is 1. The van der Waals surface area contributed by atoms with Gasteiger partial charge in [-0.05, 0) is 42.5 Å². The monoisotopic (exact) mass is 485 g/mol. The number of rotatable bonds is 5. The predicted octanol–water partition coefficient (Wildman–Crippen LogP) is 1.98. The summed E-state index contributed by atoms with van der Waals surface area (Å²) in [5, 5.41) is 14.9. The second-order valence-electron chi connectivity index (χ2n) is 8.20. The summed E-state index contributed by atoms with van der Waals surface area (Å²) in [7, 11) is 0. The molecule has 10 nitrogen and oxygen atoms in total. The number of nitrogens with two attached hydrogens (primary N) is 1. The lowest BCUT2D eigenvalue weighted by Crippen LogP contribution is -2.50. The third kappa shape index (κ3) is 7.00. The van der Waals surface area contributed by atoms with Gasteiger partial charge in [0.05, 0.1) is 6.54 Å². The number of benzene rings is 2. The van der Waals surface area contributed by atoms with Crippen molar-refractivity contribution in [3.05, 3.63) is 65.5 Å². The molecule has 0 radical (unpaired) electrons. The van der Waals surface area contributed by atoms with Crippen LogP contribution in [0.3, 0.4) is 0 Å². The molecule has 2 heterocycles. The first-order valence-corrected chi connectivity index (χ1v) is 11.0. The summed E-state index contributed by atoms with van der Waals surface area (Å²) >= 11 is 0. The topological polar surface area (TPSA) is 140 Å². The normalized spacial score (nSPS) is 17.9. The minimum Gasteiger partial charge on any atom is -0.481 e. The number of hydrogen-bond acceptors (Lipinski definition) is 6. The van der Waals surface area contributed by atoms with E-state index in [4.69, 9.17) is 25.8 Å². The third-order valence-corrected chi connectivity index (χ3v) is 5.56. The van der Waals surface area contributed by atoms with Crippen LogP contribution in [0.4, 0.5) is 14.9 Å². The van der Waals surface area contributed by atoms with Crippen LogP contribution < -0.4 is 10.6 Å². The van der Waals surface area contributed by atoms with Crippen LogP contribution in [0.15, 0.2) is 48.5 Å². The first-order valence-electron chi connectivity index (χ1n) is 11.0. The number of nitrogens with zero attached hydrogens (tertiary/aromatic N) is 3. The number of amides is 2. The van der Waals surface area contributed by atoms with Gasteiger partial charge < -0.3 is 20.5 Å². The number of amidine groups is 1. The Kier molecular flexibility index (Phi) is 8.37. The van der Waals surface area contributed by atoms with Crippen molar-refractivity contribution in [2.75, 3.05) is 44.2 Å². The number of aliphatic carboxylic acids is 1. The van der Waals surface area contributed by atoms with Crippen molar-refractivity contribution in [2.45, 2.75) is 13.0 Å². The molecular formula is C24H28FN5O5. The van der Waals surface area contributed by atoms with Crippen molar-refractivity contribution in [1.82, 2.24) is 9.80 Å². The smallest absolute Gasteiger partial charge is 0.414 e. The van der Waals surface area contributed by atoms with Gasteiger partial charge in [-0.1, -0.05) is 6.07 Å². The molecule has 0 spiro atoms. The highest BCUT2D eigenvalue weighted by atomic mass is 19.1. The average Bonchev–Trinajstić information content (AvgIpc) is 3.18. The Balaban J connectivity index is 0.000000795. The van der Waals surface area contributed by atoms with Crippen LogP contribution in [0.25, 0.3) is 0 Å². The fraction of sp³-hybridized carbons (Fsp3) is 0.333. The highest BCUT2D eigenvalue weighted by Gasteiger charge is 2.34. The Bertz CT molecular complexity index is 1080. The second-order valence-corrected chi connectivity index (χ2v) is 8.20. The molecule has 186 valence electrons. The number of anilines is 1. The second kappa shape index (κ2) is 11.4. The van der Waals surface area contributed by atoms with Crippen LogP contribution in [0, 0.1) is 11.2 Å². The zero-order chi connectivity index (χ0) is 25.5. The molecular weight excluding hydrogens is 457 g/mol. The number of piperazine rings is 1. The quantitative estimate of drug-likeness (QED) is 0.435. The molecule has 4 N–H and O–H groups in total. The highest BCUT2D eigenvalue weighted by molar-refractivity contribution is 5.96. The van der Waals surface area contributed by atoms with Gasteiger partial charge >= 0.3 is 6.09 Å². The molecule has 0 bridgehead atoms. The molecule has 2 saturated heterocycles. The molecule has 2 fully saturated rings. The number of carbonyl (C=O) groups is 3. The first-order chi connectivity index (χ1) is 16.6. The van der Waals surface area contributed by atoms with Gasteiger partial charge in [0.25, 0.3) is 11.9 Å². The Morgan fingerprint density at radius 3 is 2.31 bits per heavy atom. The van der Waals surface area contributed by atoms with Crippen molar-refractivity contribution in [3.8, 4) is 0 Å². The Morgan fingerprint density at radius 1 is 1.11 bits per heavy atom. The number of ether oxygens (including phenoxy) is 1. The number of cyclic esters (lactones) is 1. The van der Waals surface area contributed by atoms with E-state index in [9.17, 15) is 14.0 Å². The maximum absolute atomic E-state index is 13.4. The minimum absolute atomic E-state index is 0.0246. The Morgan fingerprint density at radius 2 is 1.74 bits per heavy atom. The standard InChI is InChI=1S/C22H24FN5O3.C2H4O2/c23-17-3-1-2-16(12-17)21(29)27-10-8-26(9-11-27)13-19-14-28(22(30)31-19)18-6-4-15(5-7-18)20(24)25;1-2(3)4/h1-7,12,19H,8-11,13-14H2,(H3,24,25);1H3,(H,3,4). The lowest BCUT2D eigenvalue weighted by atomic mass is 10.1. The number of nitrogen functional groups attached to an aromatic ring is 1. The lowest BCUT2D eigenvalue weighted by molar-refractivity contribution is -0.134. The molecule has 2 aliphatic rings. The van der Waals surface area contributed by atoms with Crippen molar-refractivity contribution >= 4 is 29.5 Å². The van der Waals surface area contributed by atoms with Crippen LogP contribution in [-0.4, -0.2) is 84.1 Å². The zero-order valence-corrected chi connectivity index (χ0v) is 19.3. The van der Waals surface area contributed by atoms with E-state index in [1.807, 2.05) is 0 Å². The predicted molar refractivity (Wildman–Crippen MR) is 127 cm³/mol. The van der Waals surface area contributed by atoms with Crippen LogP contribution in [0.2, 0.25) is 0 Å². The van der Waals surface area contributed by atoms with E-state index in [-0.39, 0.29) is 17.8 Å². The van der Waals surface area contributed by atoms with Crippen molar-refractivity contribution in [1.29, 1.82) is 5.41 Å². The number of carbonyl (C=O) groups excluding carboxylic acids is 2. The average molecular weight is 486 g/mol. The highest BCUT2D eigenvalue weighted by Crippen LogP contribution is 2.23. The van der Waals surface area contributed by atoms with Crippen molar-refractivity contribution < 1.29 is 28.6 Å². The van der Waals surface area contributed by atoms with E-state index < -0.39 is 17.9 Å². The van der Waals surface area contributed by atoms with Crippen molar-refractivity contribution in [2.24, 2.45) is 5.73 Å². The fourth-order valence-corrected chi connectivity index (χ4v) is 3.87. The van der Waals surface area contributed by atoms with Gasteiger partial charge in [-0.2, -0.15) is 0 Å². The molecule has 1 atom stereocenters. The maximum atomic E-state index is 13.4. The summed E-state index contributed by atoms with van der Waals surface area (Å²) in [5.74, 6) is -1.46. The van der Waals surface area contributed by atoms with Gasteiger partial charge in [-0.3, -0.25) is 24.8 Å². The number of carboxylic acids is 1. The van der Waals surface area contributed by atoms with E-state index in [0.717, 1.165) is 6.92 Å². The Hall–Kier alpha value is -3.99. The molecule has 0 saturated carbocycles. The van der Waals surface area contributed by atoms with E-state index in [2.05, 4.69) is 4.90 Å². The maximum Gasteiger partial charge on any atom is 0.414 e. The van der Waals surface area contributed by atoms with Gasteiger partial charge in [0.1, 0.15) is 17.8 Å². The molecule has 0 aliphatic carbocycles. The summed E-state index contributed by atoms with van der Waals surface area (Å²) < 4.78 is 18.9. The van der Waals surface area contributed by atoms with Gasteiger partial charge in [0, 0.05) is 56.5 Å². The van der Waals surface area contributed by atoms with Crippen LogP contribution in [0.5, 0.6) is 0 Å². The van der Waals surface area contributed by atoms with Crippen LogP contribution in [0.1, 0.15) is 22.8 Å². The van der Waals surface area contributed by atoms with E-state index in [0.29, 0.717) is 56.1 Å². The lowest BCUT2D eigenvalue weighted by Gasteiger charge is -2.35. The van der Waals surface area contributed by atoms with Crippen LogP contribution >= 0.6 is 0 Å². The molecule has 2 aliphatic heterocycles. The molecule has 4 rings (SSSR count). The van der Waals surface area contributed by atoms with E-state index >= 15 is 0 Å². The molecule has 2 aromatic carbocycles.